The van der Waals surface area contributed by atoms with Gasteiger partial charge in [0.2, 0.25) is 11.8 Å². The van der Waals surface area contributed by atoms with Crippen LogP contribution in [0.15, 0.2) is 11.1 Å². The van der Waals surface area contributed by atoms with E-state index in [0.717, 1.165) is 25.7 Å². The number of likely N-dealkylation sites (N-methyl/N-ethyl adjacent to an activating group) is 1. The monoisotopic (exact) mass is 352 g/mol. The molecule has 6 heteroatoms. The third-order valence-corrected chi connectivity index (χ3v) is 5.74. The van der Waals surface area contributed by atoms with Gasteiger partial charge in [0.05, 0.1) is 10.8 Å². The molecule has 0 aromatic carbocycles. The van der Waals surface area contributed by atoms with E-state index in [1.165, 1.54) is 29.2 Å². The van der Waals surface area contributed by atoms with Crippen LogP contribution in [0, 0.1) is 5.41 Å². The fraction of sp³-hybridized carbons (Fsp3) is 0.722. The molecule has 0 bridgehead atoms. The summed E-state index contributed by atoms with van der Waals surface area (Å²) in [6.45, 7) is 5.57. The predicted octanol–water partition coefficient (Wildman–Crippen LogP) is 2.81. The van der Waals surface area contributed by atoms with Crippen LogP contribution in [0.4, 0.5) is 0 Å². The fourth-order valence-corrected chi connectivity index (χ4v) is 3.89. The third kappa shape index (κ3) is 4.62. The lowest BCUT2D eigenvalue weighted by molar-refractivity contribution is -0.138. The molecule has 1 saturated heterocycles. The maximum absolute atomic E-state index is 12.6. The Kier molecular flexibility index (Phi) is 6.12. The molecule has 1 heterocycles. The van der Waals surface area contributed by atoms with Gasteiger partial charge < -0.3 is 4.90 Å². The second-order valence-corrected chi connectivity index (χ2v) is 8.66. The molecule has 0 atom stereocenters. The van der Waals surface area contributed by atoms with Gasteiger partial charge in [-0.25, -0.2) is 0 Å². The fourth-order valence-electron chi connectivity index (χ4n) is 2.95. The highest BCUT2D eigenvalue weighted by molar-refractivity contribution is 8.04. The molecule has 5 nitrogen and oxygen atoms in total. The van der Waals surface area contributed by atoms with Crippen LogP contribution >= 0.6 is 11.8 Å². The number of carbonyl (C=O) groups is 3. The van der Waals surface area contributed by atoms with E-state index in [9.17, 15) is 14.4 Å². The molecule has 1 aliphatic heterocycles. The molecule has 0 spiro atoms. The third-order valence-electron chi connectivity index (χ3n) is 4.71. The molecular weight excluding hydrogens is 324 g/mol. The van der Waals surface area contributed by atoms with Crippen LogP contribution in [0.1, 0.15) is 52.9 Å². The van der Waals surface area contributed by atoms with Crippen molar-refractivity contribution < 1.29 is 14.4 Å². The number of allylic oxidation sites excluding steroid dienone is 1. The second-order valence-electron chi connectivity index (χ2n) is 7.66. The molecule has 2 amide bonds. The number of rotatable bonds is 4. The summed E-state index contributed by atoms with van der Waals surface area (Å²) in [5.41, 5.74) is -0.492. The highest BCUT2D eigenvalue weighted by Gasteiger charge is 2.32. The number of ketones is 1. The summed E-state index contributed by atoms with van der Waals surface area (Å²) >= 11 is 1.34. The SMILES string of the molecule is CN(C(=O)CN1C(=O)CSC1=CC(=O)C(C)(C)C)C1CCCCC1. The van der Waals surface area contributed by atoms with Crippen LogP contribution in [0.2, 0.25) is 0 Å². The van der Waals surface area contributed by atoms with Crippen molar-refractivity contribution in [1.82, 2.24) is 9.80 Å². The van der Waals surface area contributed by atoms with Crippen molar-refractivity contribution in [2.45, 2.75) is 58.9 Å². The van der Waals surface area contributed by atoms with Crippen molar-refractivity contribution in [3.8, 4) is 0 Å². The number of carbonyl (C=O) groups excluding carboxylic acids is 3. The van der Waals surface area contributed by atoms with Crippen LogP contribution in [0.3, 0.4) is 0 Å². The molecule has 0 aromatic rings. The number of hydrogen-bond donors (Lipinski definition) is 0. The smallest absolute Gasteiger partial charge is 0.242 e. The molecule has 1 aliphatic carbocycles. The zero-order valence-corrected chi connectivity index (χ0v) is 15.9. The summed E-state index contributed by atoms with van der Waals surface area (Å²) in [5, 5.41) is 0.602. The van der Waals surface area contributed by atoms with Crippen LogP contribution in [-0.4, -0.2) is 52.8 Å². The summed E-state index contributed by atoms with van der Waals surface area (Å²) < 4.78 is 0. The average molecular weight is 353 g/mol. The summed E-state index contributed by atoms with van der Waals surface area (Å²) in [6.07, 6.45) is 7.15. The quantitative estimate of drug-likeness (QED) is 0.730. The Labute approximate surface area is 148 Å². The summed E-state index contributed by atoms with van der Waals surface area (Å²) in [4.78, 5) is 40.2. The van der Waals surface area contributed by atoms with Gasteiger partial charge in [-0.15, -0.1) is 0 Å². The minimum atomic E-state index is -0.492. The lowest BCUT2D eigenvalue weighted by atomic mass is 9.91. The highest BCUT2D eigenvalue weighted by Crippen LogP contribution is 2.31. The summed E-state index contributed by atoms with van der Waals surface area (Å²) in [6, 6.07) is 0.278. The molecule has 24 heavy (non-hydrogen) atoms. The van der Waals surface area contributed by atoms with Crippen molar-refractivity contribution in [3.05, 3.63) is 11.1 Å². The molecule has 1 saturated carbocycles. The van der Waals surface area contributed by atoms with Gasteiger partial charge in [0.1, 0.15) is 6.54 Å². The van der Waals surface area contributed by atoms with E-state index >= 15 is 0 Å². The first kappa shape index (κ1) is 19.0. The van der Waals surface area contributed by atoms with Gasteiger partial charge in [0.15, 0.2) is 5.78 Å². The number of nitrogens with zero attached hydrogens (tertiary/aromatic N) is 2. The first-order valence-corrected chi connectivity index (χ1v) is 9.63. The lowest BCUT2D eigenvalue weighted by Crippen LogP contribution is -2.44. The van der Waals surface area contributed by atoms with Gasteiger partial charge in [-0.1, -0.05) is 51.8 Å². The Morgan fingerprint density at radius 2 is 1.88 bits per heavy atom. The van der Waals surface area contributed by atoms with Crippen molar-refractivity contribution >= 4 is 29.4 Å². The maximum atomic E-state index is 12.6. The van der Waals surface area contributed by atoms with E-state index in [1.54, 1.807) is 4.90 Å². The van der Waals surface area contributed by atoms with Crippen molar-refractivity contribution in [2.75, 3.05) is 19.3 Å². The molecule has 0 aromatic heterocycles. The van der Waals surface area contributed by atoms with Crippen LogP contribution in [0.5, 0.6) is 0 Å². The van der Waals surface area contributed by atoms with E-state index in [0.29, 0.717) is 10.8 Å². The van der Waals surface area contributed by atoms with Gasteiger partial charge in [0, 0.05) is 24.6 Å². The molecule has 0 radical (unpaired) electrons. The second kappa shape index (κ2) is 7.72. The van der Waals surface area contributed by atoms with Gasteiger partial charge in [0.25, 0.3) is 0 Å². The molecule has 134 valence electrons. The topological polar surface area (TPSA) is 57.7 Å². The standard InChI is InChI=1S/C18H28N2O3S/c1-18(2,3)14(21)10-17-20(16(23)12-24-17)11-15(22)19(4)13-8-6-5-7-9-13/h10,13H,5-9,11-12H2,1-4H3. The van der Waals surface area contributed by atoms with E-state index < -0.39 is 5.41 Å². The van der Waals surface area contributed by atoms with Crippen molar-refractivity contribution in [2.24, 2.45) is 5.41 Å². The Hall–Kier alpha value is -1.30. The normalized spacial score (nSPS) is 21.4. The van der Waals surface area contributed by atoms with E-state index in [1.807, 2.05) is 27.8 Å². The summed E-state index contributed by atoms with van der Waals surface area (Å²) in [5.74, 6) is 0.118. The first-order chi connectivity index (χ1) is 11.2. The first-order valence-electron chi connectivity index (χ1n) is 8.65. The number of amides is 2. The molecule has 2 rings (SSSR count). The van der Waals surface area contributed by atoms with Crippen LogP contribution in [0.25, 0.3) is 0 Å². The Bertz CT molecular complexity index is 545. The van der Waals surface area contributed by atoms with E-state index in [4.69, 9.17) is 0 Å². The van der Waals surface area contributed by atoms with Gasteiger partial charge >= 0.3 is 0 Å². The zero-order valence-electron chi connectivity index (χ0n) is 15.1. The number of hydrogen-bond acceptors (Lipinski definition) is 4. The minimum absolute atomic E-state index is 0.0298. The Balaban J connectivity index is 2.05. The summed E-state index contributed by atoms with van der Waals surface area (Å²) in [7, 11) is 1.83. The zero-order chi connectivity index (χ0) is 17.9. The van der Waals surface area contributed by atoms with Crippen molar-refractivity contribution in [3.63, 3.8) is 0 Å². The molecule has 2 fully saturated rings. The van der Waals surface area contributed by atoms with E-state index in [-0.39, 0.29) is 30.2 Å². The van der Waals surface area contributed by atoms with Crippen LogP contribution in [-0.2, 0) is 14.4 Å². The van der Waals surface area contributed by atoms with Gasteiger partial charge in [-0.3, -0.25) is 19.3 Å². The van der Waals surface area contributed by atoms with Gasteiger partial charge in [-0.05, 0) is 12.8 Å². The van der Waals surface area contributed by atoms with Gasteiger partial charge in [-0.2, -0.15) is 0 Å². The molecule has 0 unspecified atom stereocenters. The molecular formula is C18H28N2O3S. The maximum Gasteiger partial charge on any atom is 0.242 e. The minimum Gasteiger partial charge on any atom is -0.341 e. The Morgan fingerprint density at radius 1 is 1.25 bits per heavy atom. The van der Waals surface area contributed by atoms with E-state index in [2.05, 4.69) is 0 Å². The highest BCUT2D eigenvalue weighted by atomic mass is 32.2. The largest absolute Gasteiger partial charge is 0.341 e. The Morgan fingerprint density at radius 3 is 2.46 bits per heavy atom. The van der Waals surface area contributed by atoms with Crippen molar-refractivity contribution in [1.29, 1.82) is 0 Å². The number of thioether (sulfide) groups is 1. The predicted molar refractivity (Wildman–Crippen MR) is 96.4 cm³/mol. The molecule has 2 aliphatic rings. The lowest BCUT2D eigenvalue weighted by Gasteiger charge is -2.32. The average Bonchev–Trinajstić information content (AvgIpc) is 2.87. The van der Waals surface area contributed by atoms with Crippen LogP contribution < -0.4 is 0 Å². The molecule has 0 N–H and O–H groups in total.